The van der Waals surface area contributed by atoms with Gasteiger partial charge in [-0.25, -0.2) is 0 Å². The Morgan fingerprint density at radius 2 is 2.30 bits per heavy atom. The molecule has 0 amide bonds. The maximum Gasteiger partial charge on any atom is 0.305 e. The number of aliphatic carboxylic acids is 1. The Kier molecular flexibility index (Phi) is 5.49. The fraction of sp³-hybridized carbons (Fsp3) is 0.600. The highest BCUT2D eigenvalue weighted by molar-refractivity contribution is 5.66. The average molecular weight is 278 g/mol. The van der Waals surface area contributed by atoms with Gasteiger partial charge in [0, 0.05) is 31.5 Å². The summed E-state index contributed by atoms with van der Waals surface area (Å²) in [5, 5.41) is 8.59. The first kappa shape index (κ1) is 14.9. The van der Waals surface area contributed by atoms with E-state index in [-0.39, 0.29) is 12.5 Å². The summed E-state index contributed by atoms with van der Waals surface area (Å²) >= 11 is 0. The van der Waals surface area contributed by atoms with Gasteiger partial charge in [0.25, 0.3) is 0 Å². The van der Waals surface area contributed by atoms with Crippen LogP contribution in [-0.4, -0.2) is 46.8 Å². The van der Waals surface area contributed by atoms with E-state index in [1.54, 1.807) is 6.20 Å². The van der Waals surface area contributed by atoms with E-state index in [0.29, 0.717) is 12.6 Å². The van der Waals surface area contributed by atoms with Crippen molar-refractivity contribution in [2.75, 3.05) is 19.7 Å². The number of carbonyl (C=O) groups is 1. The molecule has 0 bridgehead atoms. The fourth-order valence-electron chi connectivity index (χ4n) is 2.58. The highest BCUT2D eigenvalue weighted by Crippen LogP contribution is 2.24. The molecule has 110 valence electrons. The SMILES string of the molecule is CC(c1cccnc1)N1CCC(OCCC(=O)O)CC1. The minimum Gasteiger partial charge on any atom is -0.481 e. The normalized spacial score (nSPS) is 18.9. The molecule has 2 heterocycles. The molecule has 1 aliphatic rings. The van der Waals surface area contributed by atoms with Crippen LogP contribution < -0.4 is 0 Å². The summed E-state index contributed by atoms with van der Waals surface area (Å²) in [6.07, 6.45) is 5.92. The van der Waals surface area contributed by atoms with Gasteiger partial charge in [0.1, 0.15) is 0 Å². The summed E-state index contributed by atoms with van der Waals surface area (Å²) in [5.74, 6) is -0.798. The van der Waals surface area contributed by atoms with Crippen LogP contribution in [0.1, 0.15) is 37.8 Å². The molecule has 0 spiro atoms. The second-order valence-electron chi connectivity index (χ2n) is 5.21. The largest absolute Gasteiger partial charge is 0.481 e. The number of hydrogen-bond acceptors (Lipinski definition) is 4. The van der Waals surface area contributed by atoms with Crippen molar-refractivity contribution in [2.24, 2.45) is 0 Å². The van der Waals surface area contributed by atoms with Crippen molar-refractivity contribution in [1.29, 1.82) is 0 Å². The first-order valence-electron chi connectivity index (χ1n) is 7.14. The number of aromatic nitrogens is 1. The molecule has 5 nitrogen and oxygen atoms in total. The van der Waals surface area contributed by atoms with E-state index in [2.05, 4.69) is 22.9 Å². The maximum absolute atomic E-state index is 10.4. The third-order valence-electron chi connectivity index (χ3n) is 3.86. The second-order valence-corrected chi connectivity index (χ2v) is 5.21. The number of nitrogens with zero attached hydrogens (tertiary/aromatic N) is 2. The summed E-state index contributed by atoms with van der Waals surface area (Å²) in [7, 11) is 0. The van der Waals surface area contributed by atoms with E-state index in [0.717, 1.165) is 25.9 Å². The minimum absolute atomic E-state index is 0.0896. The molecule has 1 aromatic heterocycles. The Hall–Kier alpha value is -1.46. The molecule has 0 aromatic carbocycles. The van der Waals surface area contributed by atoms with Gasteiger partial charge in [-0.2, -0.15) is 0 Å². The smallest absolute Gasteiger partial charge is 0.305 e. The highest BCUT2D eigenvalue weighted by Gasteiger charge is 2.24. The number of likely N-dealkylation sites (tertiary alicyclic amines) is 1. The first-order chi connectivity index (χ1) is 9.66. The van der Waals surface area contributed by atoms with Gasteiger partial charge in [-0.3, -0.25) is 14.7 Å². The predicted molar refractivity (Wildman–Crippen MR) is 75.5 cm³/mol. The molecule has 2 rings (SSSR count). The Morgan fingerprint density at radius 1 is 1.55 bits per heavy atom. The lowest BCUT2D eigenvalue weighted by molar-refractivity contribution is -0.138. The van der Waals surface area contributed by atoms with E-state index in [1.165, 1.54) is 5.56 Å². The van der Waals surface area contributed by atoms with Crippen molar-refractivity contribution < 1.29 is 14.6 Å². The minimum atomic E-state index is -0.798. The van der Waals surface area contributed by atoms with Crippen molar-refractivity contribution in [2.45, 2.75) is 38.3 Å². The molecule has 1 aromatic rings. The molecule has 1 atom stereocenters. The molecule has 1 N–H and O–H groups in total. The fourth-order valence-corrected chi connectivity index (χ4v) is 2.58. The Morgan fingerprint density at radius 3 is 2.90 bits per heavy atom. The average Bonchev–Trinajstić information content (AvgIpc) is 2.48. The van der Waals surface area contributed by atoms with Gasteiger partial charge in [-0.15, -0.1) is 0 Å². The van der Waals surface area contributed by atoms with Gasteiger partial charge in [-0.05, 0) is 31.4 Å². The van der Waals surface area contributed by atoms with Gasteiger partial charge in [-0.1, -0.05) is 6.07 Å². The lowest BCUT2D eigenvalue weighted by Gasteiger charge is -2.36. The first-order valence-corrected chi connectivity index (χ1v) is 7.14. The second kappa shape index (κ2) is 7.36. The Bertz CT molecular complexity index is 416. The van der Waals surface area contributed by atoms with Crippen LogP contribution in [0.3, 0.4) is 0 Å². The summed E-state index contributed by atoms with van der Waals surface area (Å²) in [4.78, 5) is 17.0. The summed E-state index contributed by atoms with van der Waals surface area (Å²) < 4.78 is 5.61. The molecular formula is C15H22N2O3. The quantitative estimate of drug-likeness (QED) is 0.863. The number of carboxylic acids is 1. The van der Waals surface area contributed by atoms with Crippen molar-refractivity contribution in [3.63, 3.8) is 0 Å². The molecular weight excluding hydrogens is 256 g/mol. The van der Waals surface area contributed by atoms with Gasteiger partial charge in [0.15, 0.2) is 0 Å². The van der Waals surface area contributed by atoms with E-state index < -0.39 is 5.97 Å². The summed E-state index contributed by atoms with van der Waals surface area (Å²) in [6.45, 7) is 4.47. The number of ether oxygens (including phenoxy) is 1. The number of hydrogen-bond donors (Lipinski definition) is 1. The van der Waals surface area contributed by atoms with Crippen LogP contribution in [0.5, 0.6) is 0 Å². The standard InChI is InChI=1S/C15H22N2O3/c1-12(13-3-2-7-16-11-13)17-8-4-14(5-9-17)20-10-6-15(18)19/h2-3,7,11-12,14H,4-6,8-10H2,1H3,(H,18,19). The van der Waals surface area contributed by atoms with E-state index in [1.807, 2.05) is 12.3 Å². The monoisotopic (exact) mass is 278 g/mol. The van der Waals surface area contributed by atoms with Crippen molar-refractivity contribution >= 4 is 5.97 Å². The van der Waals surface area contributed by atoms with E-state index in [9.17, 15) is 4.79 Å². The van der Waals surface area contributed by atoms with Gasteiger partial charge in [0.2, 0.25) is 0 Å². The van der Waals surface area contributed by atoms with Crippen LogP contribution in [0.25, 0.3) is 0 Å². The third kappa shape index (κ3) is 4.28. The van der Waals surface area contributed by atoms with Crippen LogP contribution in [0, 0.1) is 0 Å². The van der Waals surface area contributed by atoms with E-state index >= 15 is 0 Å². The van der Waals surface area contributed by atoms with Crippen LogP contribution in [0.4, 0.5) is 0 Å². The van der Waals surface area contributed by atoms with Crippen molar-refractivity contribution in [1.82, 2.24) is 9.88 Å². The molecule has 0 saturated carbocycles. The predicted octanol–water partition coefficient (Wildman–Crippen LogP) is 2.10. The van der Waals surface area contributed by atoms with Crippen LogP contribution >= 0.6 is 0 Å². The topological polar surface area (TPSA) is 62.7 Å². The lowest BCUT2D eigenvalue weighted by atomic mass is 10.0. The zero-order valence-electron chi connectivity index (χ0n) is 11.9. The molecule has 0 aliphatic carbocycles. The van der Waals surface area contributed by atoms with E-state index in [4.69, 9.17) is 9.84 Å². The lowest BCUT2D eigenvalue weighted by Crippen LogP contribution is -2.38. The molecule has 1 aliphatic heterocycles. The van der Waals surface area contributed by atoms with Crippen LogP contribution in [-0.2, 0) is 9.53 Å². The Labute approximate surface area is 119 Å². The number of piperidine rings is 1. The molecule has 0 radical (unpaired) electrons. The Balaban J connectivity index is 1.75. The van der Waals surface area contributed by atoms with Crippen molar-refractivity contribution in [3.05, 3.63) is 30.1 Å². The summed E-state index contributed by atoms with van der Waals surface area (Å²) in [5.41, 5.74) is 1.23. The third-order valence-corrected chi connectivity index (χ3v) is 3.86. The van der Waals surface area contributed by atoms with Gasteiger partial charge >= 0.3 is 5.97 Å². The highest BCUT2D eigenvalue weighted by atomic mass is 16.5. The number of carboxylic acid groups (broad SMARTS) is 1. The number of pyridine rings is 1. The van der Waals surface area contributed by atoms with Gasteiger partial charge < -0.3 is 9.84 Å². The molecule has 20 heavy (non-hydrogen) atoms. The van der Waals surface area contributed by atoms with Crippen molar-refractivity contribution in [3.8, 4) is 0 Å². The molecule has 1 unspecified atom stereocenters. The maximum atomic E-state index is 10.4. The zero-order valence-corrected chi connectivity index (χ0v) is 11.9. The zero-order chi connectivity index (χ0) is 14.4. The molecule has 5 heteroatoms. The number of rotatable bonds is 6. The van der Waals surface area contributed by atoms with Gasteiger partial charge in [0.05, 0.1) is 19.1 Å². The van der Waals surface area contributed by atoms with Crippen LogP contribution in [0.2, 0.25) is 0 Å². The molecule has 1 fully saturated rings. The molecule has 1 saturated heterocycles. The summed E-state index contributed by atoms with van der Waals surface area (Å²) in [6, 6.07) is 4.43. The van der Waals surface area contributed by atoms with Crippen LogP contribution in [0.15, 0.2) is 24.5 Å².